The molecule has 0 radical (unpaired) electrons. The lowest BCUT2D eigenvalue weighted by Crippen LogP contribution is -2.48. The summed E-state index contributed by atoms with van der Waals surface area (Å²) in [4.78, 5) is 19.8. The smallest absolute Gasteiger partial charge is 0.356 e. The largest absolute Gasteiger partial charge is 0.433 e. The summed E-state index contributed by atoms with van der Waals surface area (Å²) in [7, 11) is 1.85. The first-order valence-corrected chi connectivity index (χ1v) is 8.42. The highest BCUT2D eigenvalue weighted by Crippen LogP contribution is 2.31. The van der Waals surface area contributed by atoms with Crippen LogP contribution in [0, 0.1) is 5.92 Å². The molecule has 2 aliphatic rings. The molecule has 132 valence electrons. The van der Waals surface area contributed by atoms with E-state index < -0.39 is 11.9 Å². The molecule has 0 N–H and O–H groups in total. The second-order valence-electron chi connectivity index (χ2n) is 6.67. The topological polar surface area (TPSA) is 36.4 Å². The van der Waals surface area contributed by atoms with E-state index in [1.165, 1.54) is 6.07 Å². The molecule has 2 fully saturated rings. The van der Waals surface area contributed by atoms with Crippen LogP contribution in [0.15, 0.2) is 18.2 Å². The number of aromatic nitrogens is 1. The molecular formula is C17H22F3N3O. The standard InChI is InChI=1S/C17H22F3N3O/c1-22(16(24)12-4-2-5-12)13-8-10-23(11-9-13)15-7-3-6-14(21-15)17(18,19)20/h3,6-7,12-13H,2,4-5,8-11H2,1H3. The average Bonchev–Trinajstić information content (AvgIpc) is 2.52. The Balaban J connectivity index is 1.60. The van der Waals surface area contributed by atoms with Gasteiger partial charge in [-0.05, 0) is 37.8 Å². The summed E-state index contributed by atoms with van der Waals surface area (Å²) < 4.78 is 38.3. The van der Waals surface area contributed by atoms with E-state index >= 15 is 0 Å². The van der Waals surface area contributed by atoms with Crippen molar-refractivity contribution in [3.63, 3.8) is 0 Å². The van der Waals surface area contributed by atoms with Crippen molar-refractivity contribution in [2.45, 2.75) is 44.3 Å². The van der Waals surface area contributed by atoms with Gasteiger partial charge in [0.15, 0.2) is 0 Å². The highest BCUT2D eigenvalue weighted by atomic mass is 19.4. The number of pyridine rings is 1. The number of alkyl halides is 3. The molecule has 1 saturated heterocycles. The zero-order valence-electron chi connectivity index (χ0n) is 13.7. The molecule has 7 heteroatoms. The van der Waals surface area contributed by atoms with Crippen LogP contribution in [0.1, 0.15) is 37.8 Å². The number of piperidine rings is 1. The number of hydrogen-bond donors (Lipinski definition) is 0. The van der Waals surface area contributed by atoms with Crippen molar-refractivity contribution in [3.05, 3.63) is 23.9 Å². The summed E-state index contributed by atoms with van der Waals surface area (Å²) in [5.41, 5.74) is -0.862. The predicted octanol–water partition coefficient (Wildman–Crippen LogP) is 3.33. The van der Waals surface area contributed by atoms with Gasteiger partial charge in [0.05, 0.1) is 0 Å². The van der Waals surface area contributed by atoms with Crippen LogP contribution in [0.3, 0.4) is 0 Å². The molecule has 0 aromatic carbocycles. The Morgan fingerprint density at radius 2 is 1.88 bits per heavy atom. The van der Waals surface area contributed by atoms with Gasteiger partial charge in [-0.25, -0.2) is 4.98 Å². The molecule has 1 aromatic rings. The highest BCUT2D eigenvalue weighted by Gasteiger charge is 2.34. The predicted molar refractivity (Wildman–Crippen MR) is 84.6 cm³/mol. The minimum atomic E-state index is -4.43. The molecule has 1 saturated carbocycles. The third-order valence-electron chi connectivity index (χ3n) is 5.16. The summed E-state index contributed by atoms with van der Waals surface area (Å²) in [6, 6.07) is 4.16. The Kier molecular flexibility index (Phi) is 4.69. The third kappa shape index (κ3) is 3.49. The Labute approximate surface area is 139 Å². The van der Waals surface area contributed by atoms with Crippen molar-refractivity contribution in [1.82, 2.24) is 9.88 Å². The van der Waals surface area contributed by atoms with Crippen LogP contribution in [0.2, 0.25) is 0 Å². The van der Waals surface area contributed by atoms with Gasteiger partial charge in [0.2, 0.25) is 5.91 Å². The van der Waals surface area contributed by atoms with Crippen molar-refractivity contribution >= 4 is 11.7 Å². The molecule has 1 aliphatic heterocycles. The van der Waals surface area contributed by atoms with E-state index in [0.29, 0.717) is 18.9 Å². The third-order valence-corrected chi connectivity index (χ3v) is 5.16. The maximum Gasteiger partial charge on any atom is 0.433 e. The van der Waals surface area contributed by atoms with Crippen LogP contribution >= 0.6 is 0 Å². The van der Waals surface area contributed by atoms with Crippen LogP contribution < -0.4 is 4.90 Å². The quantitative estimate of drug-likeness (QED) is 0.846. The first-order valence-electron chi connectivity index (χ1n) is 8.42. The van der Waals surface area contributed by atoms with E-state index in [9.17, 15) is 18.0 Å². The van der Waals surface area contributed by atoms with Gasteiger partial charge < -0.3 is 9.80 Å². The molecule has 1 amide bonds. The van der Waals surface area contributed by atoms with Crippen molar-refractivity contribution in [3.8, 4) is 0 Å². The number of halogens is 3. The first-order chi connectivity index (χ1) is 11.4. The minimum absolute atomic E-state index is 0.167. The lowest BCUT2D eigenvalue weighted by molar-refractivity contribution is -0.141. The van der Waals surface area contributed by atoms with Crippen LogP contribution in [-0.2, 0) is 11.0 Å². The van der Waals surface area contributed by atoms with E-state index in [2.05, 4.69) is 4.98 Å². The summed E-state index contributed by atoms with van der Waals surface area (Å²) in [6.07, 6.45) is 0.180. The summed E-state index contributed by atoms with van der Waals surface area (Å²) in [5, 5.41) is 0. The van der Waals surface area contributed by atoms with Gasteiger partial charge in [-0.1, -0.05) is 12.5 Å². The van der Waals surface area contributed by atoms with Gasteiger partial charge in [-0.15, -0.1) is 0 Å². The van der Waals surface area contributed by atoms with Crippen LogP contribution in [-0.4, -0.2) is 42.0 Å². The molecule has 0 spiro atoms. The van der Waals surface area contributed by atoms with Gasteiger partial charge in [0.25, 0.3) is 0 Å². The molecule has 4 nitrogen and oxygen atoms in total. The SMILES string of the molecule is CN(C(=O)C1CCC1)C1CCN(c2cccc(C(F)(F)F)n2)CC1. The number of carbonyl (C=O) groups is 1. The fourth-order valence-corrected chi connectivity index (χ4v) is 3.36. The Morgan fingerprint density at radius 3 is 2.42 bits per heavy atom. The van der Waals surface area contributed by atoms with E-state index in [1.807, 2.05) is 16.8 Å². The molecule has 3 rings (SSSR count). The summed E-state index contributed by atoms with van der Waals surface area (Å²) in [5.74, 6) is 0.756. The van der Waals surface area contributed by atoms with Crippen LogP contribution in [0.25, 0.3) is 0 Å². The van der Waals surface area contributed by atoms with Gasteiger partial charge in [-0.2, -0.15) is 13.2 Å². The number of rotatable bonds is 3. The number of amides is 1. The van der Waals surface area contributed by atoms with Crippen LogP contribution in [0.5, 0.6) is 0 Å². The number of anilines is 1. The fraction of sp³-hybridized carbons (Fsp3) is 0.647. The van der Waals surface area contributed by atoms with Gasteiger partial charge in [0, 0.05) is 32.1 Å². The lowest BCUT2D eigenvalue weighted by Gasteiger charge is -2.39. The maximum atomic E-state index is 12.8. The second-order valence-corrected chi connectivity index (χ2v) is 6.67. The zero-order chi connectivity index (χ0) is 17.3. The first kappa shape index (κ1) is 17.0. The molecule has 1 aliphatic carbocycles. The van der Waals surface area contributed by atoms with Crippen molar-refractivity contribution in [2.75, 3.05) is 25.0 Å². The Hall–Kier alpha value is -1.79. The molecule has 0 unspecified atom stereocenters. The van der Waals surface area contributed by atoms with Crippen molar-refractivity contribution in [2.24, 2.45) is 5.92 Å². The second kappa shape index (κ2) is 6.61. The van der Waals surface area contributed by atoms with Gasteiger partial charge >= 0.3 is 6.18 Å². The van der Waals surface area contributed by atoms with Crippen LogP contribution in [0.4, 0.5) is 19.0 Å². The monoisotopic (exact) mass is 341 g/mol. The highest BCUT2D eigenvalue weighted by molar-refractivity contribution is 5.79. The maximum absolute atomic E-state index is 12.8. The van der Waals surface area contributed by atoms with Gasteiger partial charge in [0.1, 0.15) is 11.5 Å². The molecule has 1 aromatic heterocycles. The number of carbonyl (C=O) groups excluding carboxylic acids is 1. The number of nitrogens with zero attached hydrogens (tertiary/aromatic N) is 3. The molecule has 2 heterocycles. The van der Waals surface area contributed by atoms with E-state index in [0.717, 1.165) is 38.2 Å². The van der Waals surface area contributed by atoms with Crippen molar-refractivity contribution < 1.29 is 18.0 Å². The summed E-state index contributed by atoms with van der Waals surface area (Å²) >= 11 is 0. The van der Waals surface area contributed by atoms with Gasteiger partial charge in [-0.3, -0.25) is 4.79 Å². The van der Waals surface area contributed by atoms with E-state index in [-0.39, 0.29) is 17.9 Å². The zero-order valence-corrected chi connectivity index (χ0v) is 13.7. The van der Waals surface area contributed by atoms with Crippen molar-refractivity contribution in [1.29, 1.82) is 0 Å². The molecular weight excluding hydrogens is 319 g/mol. The average molecular weight is 341 g/mol. The summed E-state index contributed by atoms with van der Waals surface area (Å²) in [6.45, 7) is 1.22. The van der Waals surface area contributed by atoms with E-state index in [1.54, 1.807) is 6.07 Å². The van der Waals surface area contributed by atoms with E-state index in [4.69, 9.17) is 0 Å². The molecule has 0 bridgehead atoms. The lowest BCUT2D eigenvalue weighted by atomic mass is 9.84. The minimum Gasteiger partial charge on any atom is -0.356 e. The fourth-order valence-electron chi connectivity index (χ4n) is 3.36. The number of hydrogen-bond acceptors (Lipinski definition) is 3. The Morgan fingerprint density at radius 1 is 1.21 bits per heavy atom. The Bertz CT molecular complexity index is 593. The normalized spacial score (nSPS) is 19.9. The molecule has 0 atom stereocenters. The molecule has 24 heavy (non-hydrogen) atoms.